The largest absolute Gasteiger partial charge is 0.466 e. The summed E-state index contributed by atoms with van der Waals surface area (Å²) in [6, 6.07) is 5.87. The number of amides is 1. The number of nitrogens with one attached hydrogen (secondary N) is 1. The first-order valence-electron chi connectivity index (χ1n) is 8.45. The summed E-state index contributed by atoms with van der Waals surface area (Å²) in [4.78, 5) is 18.9. The highest BCUT2D eigenvalue weighted by Crippen LogP contribution is 2.21. The number of likely N-dealkylation sites (tertiary alicyclic amines) is 1. The molecule has 3 aromatic rings. The van der Waals surface area contributed by atoms with Gasteiger partial charge in [0.05, 0.1) is 17.5 Å². The van der Waals surface area contributed by atoms with E-state index in [0.29, 0.717) is 17.9 Å². The van der Waals surface area contributed by atoms with E-state index >= 15 is 0 Å². The lowest BCUT2D eigenvalue weighted by Gasteiger charge is -2.17. The van der Waals surface area contributed by atoms with Gasteiger partial charge >= 0.3 is 0 Å². The molecular weight excluding hydrogens is 318 g/mol. The van der Waals surface area contributed by atoms with E-state index in [1.54, 1.807) is 4.52 Å². The van der Waals surface area contributed by atoms with E-state index in [9.17, 15) is 4.79 Å². The molecule has 1 aliphatic rings. The Morgan fingerprint density at radius 2 is 2.16 bits per heavy atom. The fourth-order valence-electron chi connectivity index (χ4n) is 3.36. The van der Waals surface area contributed by atoms with Crippen molar-refractivity contribution in [3.63, 3.8) is 0 Å². The predicted molar refractivity (Wildman–Crippen MR) is 93.8 cm³/mol. The van der Waals surface area contributed by atoms with Crippen LogP contribution < -0.4 is 5.32 Å². The van der Waals surface area contributed by atoms with Gasteiger partial charge in [-0.1, -0.05) is 0 Å². The monoisotopic (exact) mass is 339 g/mol. The molecule has 130 valence electrons. The second-order valence-corrected chi connectivity index (χ2v) is 6.61. The number of imidazole rings is 1. The lowest BCUT2D eigenvalue weighted by molar-refractivity contribution is 0.0790. The molecule has 4 heterocycles. The summed E-state index contributed by atoms with van der Waals surface area (Å²) in [6.45, 7) is 7.02. The fraction of sp³-hybridized carbons (Fsp3) is 0.389. The van der Waals surface area contributed by atoms with Crippen LogP contribution in [0, 0.1) is 20.8 Å². The maximum atomic E-state index is 12.7. The topological polar surface area (TPSA) is 75.7 Å². The number of aromatic nitrogens is 3. The van der Waals surface area contributed by atoms with E-state index in [1.807, 2.05) is 50.1 Å². The third-order valence-corrected chi connectivity index (χ3v) is 4.54. The molecule has 7 nitrogen and oxygen atoms in total. The molecule has 1 N–H and O–H groups in total. The molecule has 7 heteroatoms. The first kappa shape index (κ1) is 15.7. The first-order valence-corrected chi connectivity index (χ1v) is 8.45. The first-order chi connectivity index (χ1) is 12.0. The van der Waals surface area contributed by atoms with Crippen LogP contribution in [0.2, 0.25) is 0 Å². The molecule has 0 saturated carbocycles. The second kappa shape index (κ2) is 5.91. The van der Waals surface area contributed by atoms with E-state index in [4.69, 9.17) is 4.42 Å². The molecule has 4 rings (SSSR count). The highest BCUT2D eigenvalue weighted by atomic mass is 16.3. The minimum absolute atomic E-state index is 0.0345. The van der Waals surface area contributed by atoms with Gasteiger partial charge in [0.1, 0.15) is 17.3 Å². The number of aryl methyl sites for hydroxylation is 3. The molecule has 1 amide bonds. The Kier molecular flexibility index (Phi) is 3.71. The van der Waals surface area contributed by atoms with E-state index in [-0.39, 0.29) is 11.9 Å². The molecule has 25 heavy (non-hydrogen) atoms. The molecule has 1 saturated heterocycles. The minimum Gasteiger partial charge on any atom is -0.466 e. The zero-order chi connectivity index (χ0) is 17.6. The van der Waals surface area contributed by atoms with E-state index < -0.39 is 0 Å². The van der Waals surface area contributed by atoms with Crippen molar-refractivity contribution in [2.24, 2.45) is 0 Å². The van der Waals surface area contributed by atoms with Gasteiger partial charge in [0, 0.05) is 19.1 Å². The van der Waals surface area contributed by atoms with Crippen LogP contribution in [-0.4, -0.2) is 44.5 Å². The van der Waals surface area contributed by atoms with Crippen LogP contribution in [0.25, 0.3) is 5.65 Å². The number of fused-ring (bicyclic) bond motifs is 1. The van der Waals surface area contributed by atoms with E-state index in [0.717, 1.165) is 35.9 Å². The zero-order valence-electron chi connectivity index (χ0n) is 14.6. The van der Waals surface area contributed by atoms with E-state index in [1.165, 1.54) is 0 Å². The van der Waals surface area contributed by atoms with Crippen molar-refractivity contribution >= 4 is 17.4 Å². The molecule has 0 bridgehead atoms. The van der Waals surface area contributed by atoms with Gasteiger partial charge in [-0.05, 0) is 45.4 Å². The fourth-order valence-corrected chi connectivity index (χ4v) is 3.36. The Morgan fingerprint density at radius 1 is 1.32 bits per heavy atom. The summed E-state index contributed by atoms with van der Waals surface area (Å²) in [5.41, 5.74) is 2.43. The van der Waals surface area contributed by atoms with Crippen molar-refractivity contribution in [2.75, 3.05) is 18.4 Å². The molecule has 1 fully saturated rings. The van der Waals surface area contributed by atoms with Crippen LogP contribution in [0.4, 0.5) is 5.82 Å². The highest BCUT2D eigenvalue weighted by molar-refractivity contribution is 5.95. The van der Waals surface area contributed by atoms with Gasteiger partial charge in [-0.15, -0.1) is 5.10 Å². The van der Waals surface area contributed by atoms with Crippen molar-refractivity contribution < 1.29 is 9.21 Å². The molecule has 0 aromatic carbocycles. The van der Waals surface area contributed by atoms with Gasteiger partial charge in [0.25, 0.3) is 5.91 Å². The van der Waals surface area contributed by atoms with Crippen molar-refractivity contribution in [1.29, 1.82) is 0 Å². The molecule has 0 spiro atoms. The lowest BCUT2D eigenvalue weighted by Crippen LogP contribution is -2.31. The Morgan fingerprint density at radius 3 is 2.92 bits per heavy atom. The minimum atomic E-state index is 0.0345. The Hall–Kier alpha value is -2.83. The predicted octanol–water partition coefficient (Wildman–Crippen LogP) is 2.57. The summed E-state index contributed by atoms with van der Waals surface area (Å²) in [6.07, 6.45) is 2.79. The number of hydrogen-bond acceptors (Lipinski definition) is 5. The smallest absolute Gasteiger partial charge is 0.257 e. The Bertz CT molecular complexity index is 942. The highest BCUT2D eigenvalue weighted by Gasteiger charge is 2.29. The van der Waals surface area contributed by atoms with Crippen molar-refractivity contribution in [3.8, 4) is 0 Å². The van der Waals surface area contributed by atoms with E-state index in [2.05, 4.69) is 15.4 Å². The second-order valence-electron chi connectivity index (χ2n) is 6.61. The van der Waals surface area contributed by atoms with Gasteiger partial charge in [0.2, 0.25) is 0 Å². The molecule has 3 aromatic heterocycles. The number of anilines is 1. The summed E-state index contributed by atoms with van der Waals surface area (Å²) in [5.74, 6) is 2.27. The SMILES string of the molecule is Cc1cn2nc(NC3CCN(C(=O)c4cc(C)oc4C)C3)ccc2n1. The van der Waals surface area contributed by atoms with Crippen LogP contribution in [-0.2, 0) is 0 Å². The summed E-state index contributed by atoms with van der Waals surface area (Å²) < 4.78 is 7.25. The van der Waals surface area contributed by atoms with Gasteiger partial charge in [-0.2, -0.15) is 0 Å². The van der Waals surface area contributed by atoms with Gasteiger partial charge in [-0.25, -0.2) is 9.50 Å². The number of carbonyl (C=O) groups is 1. The summed E-state index contributed by atoms with van der Waals surface area (Å²) >= 11 is 0. The third kappa shape index (κ3) is 2.97. The maximum Gasteiger partial charge on any atom is 0.257 e. The quantitative estimate of drug-likeness (QED) is 0.794. The number of furan rings is 1. The maximum absolute atomic E-state index is 12.7. The van der Waals surface area contributed by atoms with Crippen LogP contribution in [0.5, 0.6) is 0 Å². The average Bonchev–Trinajstić information content (AvgIpc) is 3.24. The van der Waals surface area contributed by atoms with Crippen molar-refractivity contribution in [2.45, 2.75) is 33.2 Å². The van der Waals surface area contributed by atoms with Crippen molar-refractivity contribution in [3.05, 3.63) is 47.2 Å². The normalized spacial score (nSPS) is 17.4. The lowest BCUT2D eigenvalue weighted by atomic mass is 10.2. The number of carbonyl (C=O) groups excluding carboxylic acids is 1. The molecule has 1 aliphatic heterocycles. The molecule has 1 atom stereocenters. The van der Waals surface area contributed by atoms with Crippen LogP contribution in [0.3, 0.4) is 0 Å². The molecule has 0 aliphatic carbocycles. The van der Waals surface area contributed by atoms with Gasteiger partial charge in [-0.3, -0.25) is 4.79 Å². The van der Waals surface area contributed by atoms with Crippen LogP contribution in [0.15, 0.2) is 28.8 Å². The Balaban J connectivity index is 1.44. The summed E-state index contributed by atoms with van der Waals surface area (Å²) in [7, 11) is 0. The standard InChI is InChI=1S/C18H21N5O2/c1-11-9-23-17(19-11)5-4-16(21-23)20-14-6-7-22(10-14)18(24)15-8-12(2)25-13(15)3/h4-5,8-9,14H,6-7,10H2,1-3H3,(H,20,21). The van der Waals surface area contributed by atoms with Crippen LogP contribution >= 0.6 is 0 Å². The number of rotatable bonds is 3. The molecular formula is C18H21N5O2. The average molecular weight is 339 g/mol. The third-order valence-electron chi connectivity index (χ3n) is 4.54. The summed E-state index contributed by atoms with van der Waals surface area (Å²) in [5, 5.41) is 7.95. The Labute approximate surface area is 145 Å². The van der Waals surface area contributed by atoms with Crippen molar-refractivity contribution in [1.82, 2.24) is 19.5 Å². The molecule has 1 unspecified atom stereocenters. The van der Waals surface area contributed by atoms with Crippen LogP contribution in [0.1, 0.15) is 34.0 Å². The van der Waals surface area contributed by atoms with Gasteiger partial charge < -0.3 is 14.6 Å². The number of nitrogens with zero attached hydrogens (tertiary/aromatic N) is 4. The molecule has 0 radical (unpaired) electrons. The zero-order valence-corrected chi connectivity index (χ0v) is 14.6. The van der Waals surface area contributed by atoms with Gasteiger partial charge in [0.15, 0.2) is 5.65 Å². The number of hydrogen-bond donors (Lipinski definition) is 1.